The average molecular weight is 292 g/mol. The molecule has 0 radical (unpaired) electrons. The third kappa shape index (κ3) is 3.84. The Kier molecular flexibility index (Phi) is 5.79. The van der Waals surface area contributed by atoms with Crippen molar-refractivity contribution in [1.82, 2.24) is 9.97 Å². The third-order valence-corrected chi connectivity index (χ3v) is 4.11. The van der Waals surface area contributed by atoms with E-state index in [1.54, 1.807) is 0 Å². The van der Waals surface area contributed by atoms with E-state index in [-0.39, 0.29) is 6.61 Å². The number of aliphatic hydroxyl groups is 1. The number of hydrogen-bond donors (Lipinski definition) is 2. The summed E-state index contributed by atoms with van der Waals surface area (Å²) < 4.78 is 0. The van der Waals surface area contributed by atoms with Gasteiger partial charge in [-0.3, -0.25) is 0 Å². The molecule has 21 heavy (non-hydrogen) atoms. The summed E-state index contributed by atoms with van der Waals surface area (Å²) in [6.07, 6.45) is 4.01. The Morgan fingerprint density at radius 1 is 1.33 bits per heavy atom. The number of hydrogen-bond acceptors (Lipinski definition) is 5. The van der Waals surface area contributed by atoms with Crippen molar-refractivity contribution in [1.29, 1.82) is 0 Å². The van der Waals surface area contributed by atoms with E-state index in [2.05, 4.69) is 36.0 Å². The van der Waals surface area contributed by atoms with Crippen molar-refractivity contribution in [3.8, 4) is 0 Å². The number of nitrogens with zero attached hydrogens (tertiary/aromatic N) is 3. The fourth-order valence-corrected chi connectivity index (χ4v) is 2.98. The van der Waals surface area contributed by atoms with Crippen LogP contribution in [0.1, 0.15) is 44.5 Å². The molecule has 1 aliphatic rings. The molecule has 1 unspecified atom stereocenters. The lowest BCUT2D eigenvalue weighted by atomic mass is 10.1. The average Bonchev–Trinajstić information content (AvgIpc) is 2.91. The van der Waals surface area contributed by atoms with Gasteiger partial charge in [-0.15, -0.1) is 0 Å². The Bertz CT molecular complexity index is 464. The van der Waals surface area contributed by atoms with Crippen LogP contribution in [0.4, 0.5) is 11.6 Å². The van der Waals surface area contributed by atoms with Crippen LogP contribution >= 0.6 is 0 Å². The standard InChI is InChI=1S/C16H28N4O/c1-4-6-14-18-15(17-5-2)12(3)16(19-14)20-9-7-13(11-20)8-10-21/h13,21H,4-11H2,1-3H3,(H,17,18,19). The highest BCUT2D eigenvalue weighted by Gasteiger charge is 2.25. The van der Waals surface area contributed by atoms with Crippen LogP contribution in [-0.2, 0) is 6.42 Å². The first-order chi connectivity index (χ1) is 10.2. The van der Waals surface area contributed by atoms with E-state index in [0.717, 1.165) is 68.3 Å². The maximum atomic E-state index is 9.11. The molecule has 2 heterocycles. The zero-order valence-corrected chi connectivity index (χ0v) is 13.5. The molecule has 0 amide bonds. The lowest BCUT2D eigenvalue weighted by molar-refractivity contribution is 0.263. The normalized spacial score (nSPS) is 18.3. The summed E-state index contributed by atoms with van der Waals surface area (Å²) in [6, 6.07) is 0. The molecule has 5 heteroatoms. The molecule has 0 spiro atoms. The van der Waals surface area contributed by atoms with Crippen molar-refractivity contribution in [2.75, 3.05) is 36.5 Å². The third-order valence-electron chi connectivity index (χ3n) is 4.11. The molecule has 1 aromatic rings. The van der Waals surface area contributed by atoms with Crippen molar-refractivity contribution in [3.63, 3.8) is 0 Å². The van der Waals surface area contributed by atoms with E-state index in [0.29, 0.717) is 5.92 Å². The van der Waals surface area contributed by atoms with Crippen molar-refractivity contribution in [2.24, 2.45) is 5.92 Å². The minimum atomic E-state index is 0.283. The van der Waals surface area contributed by atoms with E-state index in [1.807, 2.05) is 0 Å². The molecular weight excluding hydrogens is 264 g/mol. The van der Waals surface area contributed by atoms with Gasteiger partial charge in [0.05, 0.1) is 0 Å². The molecular formula is C16H28N4O. The molecule has 1 aliphatic heterocycles. The maximum absolute atomic E-state index is 9.11. The van der Waals surface area contributed by atoms with Gasteiger partial charge in [-0.05, 0) is 39.0 Å². The topological polar surface area (TPSA) is 61.3 Å². The van der Waals surface area contributed by atoms with E-state index in [4.69, 9.17) is 10.1 Å². The van der Waals surface area contributed by atoms with Gasteiger partial charge in [-0.25, -0.2) is 9.97 Å². The van der Waals surface area contributed by atoms with Crippen LogP contribution < -0.4 is 10.2 Å². The van der Waals surface area contributed by atoms with Crippen LogP contribution in [0, 0.1) is 12.8 Å². The van der Waals surface area contributed by atoms with Gasteiger partial charge in [0.2, 0.25) is 0 Å². The summed E-state index contributed by atoms with van der Waals surface area (Å²) >= 11 is 0. The minimum Gasteiger partial charge on any atom is -0.396 e. The summed E-state index contributed by atoms with van der Waals surface area (Å²) in [5.74, 6) is 3.56. The first-order valence-electron chi connectivity index (χ1n) is 8.16. The Hall–Kier alpha value is -1.36. The van der Waals surface area contributed by atoms with Gasteiger partial charge < -0.3 is 15.3 Å². The van der Waals surface area contributed by atoms with Crippen LogP contribution in [0.25, 0.3) is 0 Å². The second kappa shape index (κ2) is 7.59. The quantitative estimate of drug-likeness (QED) is 0.808. The number of rotatable bonds is 7. The lowest BCUT2D eigenvalue weighted by Gasteiger charge is -2.22. The zero-order chi connectivity index (χ0) is 15.2. The van der Waals surface area contributed by atoms with Crippen LogP contribution in [0.5, 0.6) is 0 Å². The summed E-state index contributed by atoms with van der Waals surface area (Å²) in [7, 11) is 0. The van der Waals surface area contributed by atoms with Crippen molar-refractivity contribution in [3.05, 3.63) is 11.4 Å². The highest BCUT2D eigenvalue weighted by molar-refractivity contribution is 5.59. The fraction of sp³-hybridized carbons (Fsp3) is 0.750. The molecule has 1 saturated heterocycles. The number of aromatic nitrogens is 2. The van der Waals surface area contributed by atoms with Crippen LogP contribution in [0.2, 0.25) is 0 Å². The highest BCUT2D eigenvalue weighted by Crippen LogP contribution is 2.29. The first-order valence-corrected chi connectivity index (χ1v) is 8.16. The molecule has 5 nitrogen and oxygen atoms in total. The molecule has 0 aliphatic carbocycles. The SMILES string of the molecule is CCCc1nc(NCC)c(C)c(N2CCC(CCO)C2)n1. The number of nitrogens with one attached hydrogen (secondary N) is 1. The molecule has 1 fully saturated rings. The Morgan fingerprint density at radius 2 is 2.14 bits per heavy atom. The monoisotopic (exact) mass is 292 g/mol. The van der Waals surface area contributed by atoms with E-state index in [1.165, 1.54) is 0 Å². The van der Waals surface area contributed by atoms with Gasteiger partial charge in [0.15, 0.2) is 0 Å². The molecule has 0 aromatic carbocycles. The summed E-state index contributed by atoms with van der Waals surface area (Å²) in [5, 5.41) is 12.5. The largest absolute Gasteiger partial charge is 0.396 e. The Labute approximate surface area is 127 Å². The van der Waals surface area contributed by atoms with Gasteiger partial charge in [0, 0.05) is 38.2 Å². The van der Waals surface area contributed by atoms with Gasteiger partial charge in [0.25, 0.3) is 0 Å². The van der Waals surface area contributed by atoms with Crippen LogP contribution in [-0.4, -0.2) is 41.3 Å². The first kappa shape index (κ1) is 16.0. The van der Waals surface area contributed by atoms with Gasteiger partial charge >= 0.3 is 0 Å². The van der Waals surface area contributed by atoms with E-state index >= 15 is 0 Å². The predicted octanol–water partition coefficient (Wildman–Crippen LogP) is 2.38. The van der Waals surface area contributed by atoms with Crippen molar-refractivity contribution in [2.45, 2.75) is 46.5 Å². The second-order valence-corrected chi connectivity index (χ2v) is 5.83. The van der Waals surface area contributed by atoms with Crippen molar-refractivity contribution >= 4 is 11.6 Å². The number of aryl methyl sites for hydroxylation is 1. The van der Waals surface area contributed by atoms with E-state index < -0.39 is 0 Å². The number of anilines is 2. The molecule has 0 bridgehead atoms. The molecule has 0 saturated carbocycles. The fourth-order valence-electron chi connectivity index (χ4n) is 2.98. The molecule has 2 rings (SSSR count). The zero-order valence-electron chi connectivity index (χ0n) is 13.5. The molecule has 2 N–H and O–H groups in total. The second-order valence-electron chi connectivity index (χ2n) is 5.83. The predicted molar refractivity (Wildman–Crippen MR) is 87.0 cm³/mol. The van der Waals surface area contributed by atoms with Gasteiger partial charge in [-0.1, -0.05) is 6.92 Å². The molecule has 118 valence electrons. The van der Waals surface area contributed by atoms with E-state index in [9.17, 15) is 0 Å². The van der Waals surface area contributed by atoms with Crippen LogP contribution in [0.15, 0.2) is 0 Å². The molecule has 1 atom stereocenters. The van der Waals surface area contributed by atoms with Gasteiger partial charge in [0.1, 0.15) is 17.5 Å². The smallest absolute Gasteiger partial charge is 0.137 e. The minimum absolute atomic E-state index is 0.283. The summed E-state index contributed by atoms with van der Waals surface area (Å²) in [4.78, 5) is 11.8. The van der Waals surface area contributed by atoms with Gasteiger partial charge in [-0.2, -0.15) is 0 Å². The lowest BCUT2D eigenvalue weighted by Crippen LogP contribution is -2.24. The Morgan fingerprint density at radius 3 is 2.81 bits per heavy atom. The molecule has 1 aromatic heterocycles. The maximum Gasteiger partial charge on any atom is 0.137 e. The Balaban J connectivity index is 2.24. The number of aliphatic hydroxyl groups excluding tert-OH is 1. The summed E-state index contributed by atoms with van der Waals surface area (Å²) in [6.45, 7) is 9.52. The summed E-state index contributed by atoms with van der Waals surface area (Å²) in [5.41, 5.74) is 1.14. The van der Waals surface area contributed by atoms with Crippen LogP contribution in [0.3, 0.4) is 0 Å². The van der Waals surface area contributed by atoms with Crippen molar-refractivity contribution < 1.29 is 5.11 Å². The highest BCUT2D eigenvalue weighted by atomic mass is 16.3.